The smallest absolute Gasteiger partial charge is 0.0544 e. The van der Waals surface area contributed by atoms with Crippen LogP contribution in [0, 0.1) is 0 Å². The molecule has 0 N–H and O–H groups in total. The summed E-state index contributed by atoms with van der Waals surface area (Å²) < 4.78 is 3.31. The van der Waals surface area contributed by atoms with Crippen molar-refractivity contribution in [2.24, 2.45) is 0 Å². The normalized spacial score (nSPS) is 14.3. The minimum atomic E-state index is -0.0314. The van der Waals surface area contributed by atoms with E-state index in [1.54, 1.807) is 0 Å². The van der Waals surface area contributed by atoms with Gasteiger partial charge >= 0.3 is 0 Å². The van der Waals surface area contributed by atoms with E-state index in [2.05, 4.69) is 101 Å². The molecule has 3 heteroatoms. The average Bonchev–Trinajstić information content (AvgIpc) is 3.16. The molecular weight excluding hydrogens is 454 g/mol. The summed E-state index contributed by atoms with van der Waals surface area (Å²) in [5.41, 5.74) is 8.90. The maximum atomic E-state index is 6.43. The van der Waals surface area contributed by atoms with Crippen molar-refractivity contribution >= 4 is 49.3 Å². The fraction of sp³-hybridized carbons (Fsp3) is 0.111. The van der Waals surface area contributed by atoms with Crippen molar-refractivity contribution in [2.75, 3.05) is 0 Å². The number of para-hydroxylation sites is 1. The summed E-state index contributed by atoms with van der Waals surface area (Å²) in [4.78, 5) is 0. The number of rotatable bonds is 1. The second kappa shape index (κ2) is 6.23. The van der Waals surface area contributed by atoms with Crippen LogP contribution < -0.4 is 0 Å². The van der Waals surface area contributed by atoms with Gasteiger partial charge in [-0.2, -0.15) is 0 Å². The molecule has 6 rings (SSSR count). The van der Waals surface area contributed by atoms with Crippen LogP contribution in [0.4, 0.5) is 0 Å². The first kappa shape index (κ1) is 18.2. The zero-order valence-corrected chi connectivity index (χ0v) is 19.1. The van der Waals surface area contributed by atoms with Gasteiger partial charge in [0.2, 0.25) is 0 Å². The van der Waals surface area contributed by atoms with E-state index < -0.39 is 0 Å². The van der Waals surface area contributed by atoms with Crippen LogP contribution in [-0.2, 0) is 5.41 Å². The lowest BCUT2D eigenvalue weighted by atomic mass is 9.82. The highest BCUT2D eigenvalue weighted by molar-refractivity contribution is 9.10. The first-order chi connectivity index (χ1) is 14.4. The van der Waals surface area contributed by atoms with Gasteiger partial charge in [0.1, 0.15) is 0 Å². The number of hydrogen-bond acceptors (Lipinski definition) is 0. The van der Waals surface area contributed by atoms with Gasteiger partial charge in [-0.25, -0.2) is 0 Å². The van der Waals surface area contributed by atoms with Gasteiger partial charge < -0.3 is 4.57 Å². The van der Waals surface area contributed by atoms with Crippen LogP contribution in [0.3, 0.4) is 0 Å². The summed E-state index contributed by atoms with van der Waals surface area (Å²) in [7, 11) is 0. The fourth-order valence-corrected chi connectivity index (χ4v) is 5.95. The third-order valence-electron chi connectivity index (χ3n) is 6.48. The molecule has 146 valence electrons. The quantitative estimate of drug-likeness (QED) is 0.230. The molecular formula is C27H19BrClN. The highest BCUT2D eigenvalue weighted by Gasteiger charge is 2.36. The van der Waals surface area contributed by atoms with Crippen LogP contribution >= 0.6 is 27.5 Å². The van der Waals surface area contributed by atoms with E-state index in [0.29, 0.717) is 0 Å². The van der Waals surface area contributed by atoms with Gasteiger partial charge in [-0.1, -0.05) is 83.8 Å². The van der Waals surface area contributed by atoms with E-state index in [4.69, 9.17) is 11.6 Å². The molecule has 5 aromatic rings. The number of nitrogens with zero attached hydrogens (tertiary/aromatic N) is 1. The second-order valence-electron chi connectivity index (χ2n) is 8.57. The van der Waals surface area contributed by atoms with Crippen molar-refractivity contribution in [1.29, 1.82) is 0 Å². The van der Waals surface area contributed by atoms with Gasteiger partial charge in [-0.15, -0.1) is 0 Å². The molecule has 0 radical (unpaired) electrons. The topological polar surface area (TPSA) is 4.93 Å². The van der Waals surface area contributed by atoms with Crippen LogP contribution in [0.2, 0.25) is 5.02 Å². The Balaban J connectivity index is 1.78. The molecule has 0 saturated carbocycles. The van der Waals surface area contributed by atoms with E-state index in [0.717, 1.165) is 15.2 Å². The molecule has 0 aliphatic heterocycles. The van der Waals surface area contributed by atoms with Gasteiger partial charge in [0.15, 0.2) is 0 Å². The van der Waals surface area contributed by atoms with Crippen molar-refractivity contribution in [3.05, 3.63) is 99.5 Å². The number of hydrogen-bond donors (Lipinski definition) is 0. The molecule has 1 aliphatic carbocycles. The predicted molar refractivity (Wildman–Crippen MR) is 131 cm³/mol. The Kier molecular flexibility index (Phi) is 3.79. The molecule has 4 aromatic carbocycles. The summed E-state index contributed by atoms with van der Waals surface area (Å²) in [5, 5.41) is 3.25. The molecule has 0 saturated heterocycles. The summed E-state index contributed by atoms with van der Waals surface area (Å²) in [6.07, 6.45) is 0. The number of aromatic nitrogens is 1. The van der Waals surface area contributed by atoms with Gasteiger partial charge in [-0.3, -0.25) is 0 Å². The summed E-state index contributed by atoms with van der Waals surface area (Å²) in [5.74, 6) is 0. The van der Waals surface area contributed by atoms with Gasteiger partial charge in [0, 0.05) is 31.4 Å². The van der Waals surface area contributed by atoms with Crippen molar-refractivity contribution in [2.45, 2.75) is 19.3 Å². The first-order valence-electron chi connectivity index (χ1n) is 10.1. The van der Waals surface area contributed by atoms with E-state index in [-0.39, 0.29) is 5.41 Å². The Hall–Kier alpha value is -2.55. The Morgan fingerprint density at radius 1 is 0.733 bits per heavy atom. The van der Waals surface area contributed by atoms with Crippen molar-refractivity contribution < 1.29 is 0 Å². The highest BCUT2D eigenvalue weighted by atomic mass is 79.9. The molecule has 1 aromatic heterocycles. The molecule has 0 spiro atoms. The maximum Gasteiger partial charge on any atom is 0.0544 e. The van der Waals surface area contributed by atoms with Crippen LogP contribution in [0.1, 0.15) is 25.0 Å². The van der Waals surface area contributed by atoms with Crippen molar-refractivity contribution in [3.8, 4) is 16.8 Å². The number of halogens is 2. The molecule has 1 nitrogen and oxygen atoms in total. The first-order valence-corrected chi connectivity index (χ1v) is 11.3. The summed E-state index contributed by atoms with van der Waals surface area (Å²) in [6.45, 7) is 4.65. The zero-order chi connectivity index (χ0) is 20.6. The molecule has 0 unspecified atom stereocenters. The Morgan fingerprint density at radius 3 is 2.33 bits per heavy atom. The van der Waals surface area contributed by atoms with Crippen LogP contribution in [0.25, 0.3) is 38.6 Å². The van der Waals surface area contributed by atoms with Gasteiger partial charge in [0.05, 0.1) is 11.0 Å². The molecule has 0 fully saturated rings. The molecule has 30 heavy (non-hydrogen) atoms. The lowest BCUT2D eigenvalue weighted by Gasteiger charge is -2.21. The molecule has 0 atom stereocenters. The predicted octanol–water partition coefficient (Wildman–Crippen LogP) is 8.51. The van der Waals surface area contributed by atoms with Gasteiger partial charge in [0.25, 0.3) is 0 Å². The zero-order valence-electron chi connectivity index (χ0n) is 16.7. The van der Waals surface area contributed by atoms with Crippen molar-refractivity contribution in [3.63, 3.8) is 0 Å². The minimum absolute atomic E-state index is 0.0314. The monoisotopic (exact) mass is 471 g/mol. The third-order valence-corrected chi connectivity index (χ3v) is 7.16. The summed E-state index contributed by atoms with van der Waals surface area (Å²) >= 11 is 10.0. The summed E-state index contributed by atoms with van der Waals surface area (Å²) in [6, 6.07) is 28.3. The number of benzene rings is 4. The average molecular weight is 473 g/mol. The van der Waals surface area contributed by atoms with E-state index in [1.807, 2.05) is 12.1 Å². The van der Waals surface area contributed by atoms with Gasteiger partial charge in [-0.05, 0) is 58.7 Å². The minimum Gasteiger partial charge on any atom is -0.309 e. The molecule has 1 heterocycles. The molecule has 0 bridgehead atoms. The Bertz CT molecular complexity index is 1470. The van der Waals surface area contributed by atoms with E-state index in [9.17, 15) is 0 Å². The maximum absolute atomic E-state index is 6.43. The number of fused-ring (bicyclic) bond motifs is 6. The van der Waals surface area contributed by atoms with Crippen LogP contribution in [0.5, 0.6) is 0 Å². The van der Waals surface area contributed by atoms with E-state index in [1.165, 1.54) is 44.1 Å². The third kappa shape index (κ3) is 2.41. The standard InChI is InChI=1S/C27H19BrClN/c1-27(2)23-9-5-3-7-19(23)21-14-22-20-8-4-6-10-25(20)30(26(22)15-24(21)27)18-12-16(28)11-17(29)13-18/h3-15H,1-2H3. The second-order valence-corrected chi connectivity index (χ2v) is 9.92. The fourth-order valence-electron chi connectivity index (χ4n) is 5.11. The van der Waals surface area contributed by atoms with Crippen LogP contribution in [-0.4, -0.2) is 4.57 Å². The largest absolute Gasteiger partial charge is 0.309 e. The van der Waals surface area contributed by atoms with Crippen molar-refractivity contribution in [1.82, 2.24) is 4.57 Å². The highest BCUT2D eigenvalue weighted by Crippen LogP contribution is 2.50. The Morgan fingerprint density at radius 2 is 1.50 bits per heavy atom. The lowest BCUT2D eigenvalue weighted by Crippen LogP contribution is -2.14. The lowest BCUT2D eigenvalue weighted by molar-refractivity contribution is 0.661. The molecule has 0 amide bonds. The van der Waals surface area contributed by atoms with Crippen LogP contribution in [0.15, 0.2) is 83.3 Å². The SMILES string of the molecule is CC1(C)c2ccccc2-c2cc3c4ccccc4n(-c4cc(Cl)cc(Br)c4)c3cc21. The van der Waals surface area contributed by atoms with E-state index >= 15 is 0 Å². The molecule has 1 aliphatic rings. The Labute approximate surface area is 189 Å².